The van der Waals surface area contributed by atoms with Crippen LogP contribution in [0.25, 0.3) is 0 Å². The van der Waals surface area contributed by atoms with Crippen molar-refractivity contribution in [1.29, 1.82) is 0 Å². The minimum Gasteiger partial charge on any atom is -0.495 e. The van der Waals surface area contributed by atoms with E-state index in [0.29, 0.717) is 31.2 Å². The van der Waals surface area contributed by atoms with Crippen molar-refractivity contribution in [3.05, 3.63) is 59.2 Å². The van der Waals surface area contributed by atoms with Gasteiger partial charge in [0.1, 0.15) is 10.6 Å². The van der Waals surface area contributed by atoms with Crippen LogP contribution in [0.4, 0.5) is 0 Å². The second kappa shape index (κ2) is 10.5. The van der Waals surface area contributed by atoms with Crippen LogP contribution in [0.2, 0.25) is 0 Å². The van der Waals surface area contributed by atoms with Crippen molar-refractivity contribution in [1.82, 2.24) is 14.5 Å². The largest absolute Gasteiger partial charge is 0.495 e. The van der Waals surface area contributed by atoms with E-state index < -0.39 is 10.0 Å². The second-order valence-electron chi connectivity index (χ2n) is 8.44. The van der Waals surface area contributed by atoms with Crippen molar-refractivity contribution < 1.29 is 17.9 Å². The summed E-state index contributed by atoms with van der Waals surface area (Å²) in [5, 5.41) is 2.94. The first kappa shape index (κ1) is 24.2. The minimum absolute atomic E-state index is 0.0357. The molecule has 0 unspecified atom stereocenters. The molecule has 2 aromatic carbocycles. The van der Waals surface area contributed by atoms with Crippen molar-refractivity contribution >= 4 is 15.9 Å². The van der Waals surface area contributed by atoms with E-state index in [-0.39, 0.29) is 16.6 Å². The first-order chi connectivity index (χ1) is 15.2. The van der Waals surface area contributed by atoms with Crippen LogP contribution in [0, 0.1) is 0 Å². The molecule has 8 heteroatoms. The molecule has 0 spiro atoms. The lowest BCUT2D eigenvalue weighted by Gasteiger charge is -2.22. The van der Waals surface area contributed by atoms with Crippen molar-refractivity contribution in [3.8, 4) is 5.75 Å². The molecule has 0 aromatic heterocycles. The molecule has 2 aromatic rings. The van der Waals surface area contributed by atoms with Gasteiger partial charge in [-0.3, -0.25) is 9.69 Å². The van der Waals surface area contributed by atoms with Gasteiger partial charge >= 0.3 is 0 Å². The van der Waals surface area contributed by atoms with Crippen molar-refractivity contribution in [2.75, 3.05) is 27.2 Å². The Morgan fingerprint density at radius 1 is 1.12 bits per heavy atom. The van der Waals surface area contributed by atoms with E-state index in [0.717, 1.165) is 30.5 Å². The lowest BCUT2D eigenvalue weighted by Crippen LogP contribution is -2.29. The van der Waals surface area contributed by atoms with Gasteiger partial charge in [0, 0.05) is 37.8 Å². The van der Waals surface area contributed by atoms with Crippen LogP contribution in [0.1, 0.15) is 48.2 Å². The number of nitrogens with one attached hydrogen (secondary N) is 1. The Labute approximate surface area is 191 Å². The summed E-state index contributed by atoms with van der Waals surface area (Å²) in [7, 11) is -0.207. The number of methoxy groups -OCH3 is 1. The van der Waals surface area contributed by atoms with Gasteiger partial charge in [0.05, 0.1) is 7.11 Å². The molecule has 32 heavy (non-hydrogen) atoms. The number of nitrogens with zero attached hydrogens (tertiary/aromatic N) is 2. The van der Waals surface area contributed by atoms with Crippen LogP contribution in [0.15, 0.2) is 47.4 Å². The topological polar surface area (TPSA) is 79.0 Å². The zero-order valence-electron chi connectivity index (χ0n) is 19.3. The van der Waals surface area contributed by atoms with Crippen LogP contribution in [-0.4, -0.2) is 56.8 Å². The van der Waals surface area contributed by atoms with Gasteiger partial charge in [-0.2, -0.15) is 4.31 Å². The Balaban J connectivity index is 1.78. The van der Waals surface area contributed by atoms with Gasteiger partial charge in [0.2, 0.25) is 10.0 Å². The summed E-state index contributed by atoms with van der Waals surface area (Å²) in [6.45, 7) is 6.41. The Hall–Kier alpha value is -2.42. The molecule has 3 rings (SSSR count). The minimum atomic E-state index is -3.71. The van der Waals surface area contributed by atoms with Gasteiger partial charge < -0.3 is 10.1 Å². The summed E-state index contributed by atoms with van der Waals surface area (Å²) >= 11 is 0. The Morgan fingerprint density at radius 2 is 1.78 bits per heavy atom. The molecule has 1 fully saturated rings. The highest BCUT2D eigenvalue weighted by atomic mass is 32.2. The summed E-state index contributed by atoms with van der Waals surface area (Å²) in [6, 6.07) is 13.0. The molecule has 1 amide bonds. The van der Waals surface area contributed by atoms with Crippen LogP contribution in [0.5, 0.6) is 5.75 Å². The first-order valence-electron chi connectivity index (χ1n) is 11.0. The normalized spacial score (nSPS) is 14.8. The van der Waals surface area contributed by atoms with Crippen molar-refractivity contribution in [3.63, 3.8) is 0 Å². The molecule has 174 valence electrons. The Morgan fingerprint density at radius 3 is 2.41 bits per heavy atom. The lowest BCUT2D eigenvalue weighted by molar-refractivity contribution is 0.0950. The van der Waals surface area contributed by atoms with Gasteiger partial charge in [0.25, 0.3) is 5.91 Å². The monoisotopic (exact) mass is 459 g/mol. The summed E-state index contributed by atoms with van der Waals surface area (Å²) in [6.07, 6.45) is 1.68. The van der Waals surface area contributed by atoms with Gasteiger partial charge in [0.15, 0.2) is 0 Å². The summed E-state index contributed by atoms with van der Waals surface area (Å²) in [5.74, 6) is -0.0759. The number of benzene rings is 2. The van der Waals surface area contributed by atoms with Crippen molar-refractivity contribution in [2.24, 2.45) is 0 Å². The summed E-state index contributed by atoms with van der Waals surface area (Å²) in [5.41, 5.74) is 2.48. The number of ether oxygens (including phenoxy) is 1. The molecular weight excluding hydrogens is 426 g/mol. The third kappa shape index (κ3) is 5.49. The SMILES string of the molecule is COc1ccc(C(=O)NCc2ccccc2CN(C)C(C)C)cc1S(=O)(=O)N1CCCC1. The fourth-order valence-corrected chi connectivity index (χ4v) is 5.40. The van der Waals surface area contributed by atoms with E-state index in [9.17, 15) is 13.2 Å². The van der Waals surface area contributed by atoms with E-state index in [4.69, 9.17) is 4.74 Å². The Bertz CT molecular complexity index is 1050. The highest BCUT2D eigenvalue weighted by Gasteiger charge is 2.30. The molecule has 0 aliphatic carbocycles. The van der Waals surface area contributed by atoms with E-state index in [2.05, 4.69) is 37.2 Å². The number of sulfonamides is 1. The highest BCUT2D eigenvalue weighted by molar-refractivity contribution is 7.89. The smallest absolute Gasteiger partial charge is 0.251 e. The number of hydrogen-bond donors (Lipinski definition) is 1. The molecule has 1 saturated heterocycles. The molecule has 1 N–H and O–H groups in total. The van der Waals surface area contributed by atoms with Crippen LogP contribution in [-0.2, 0) is 23.1 Å². The number of rotatable bonds is 9. The molecule has 7 nitrogen and oxygen atoms in total. The number of carbonyl (C=O) groups excluding carboxylic acids is 1. The van der Waals surface area contributed by atoms with Gasteiger partial charge in [-0.1, -0.05) is 24.3 Å². The molecule has 1 aliphatic rings. The summed E-state index contributed by atoms with van der Waals surface area (Å²) in [4.78, 5) is 15.2. The maximum Gasteiger partial charge on any atom is 0.251 e. The lowest BCUT2D eigenvalue weighted by atomic mass is 10.1. The first-order valence-corrected chi connectivity index (χ1v) is 12.4. The molecule has 0 saturated carbocycles. The standard InChI is InChI=1S/C24H33N3O4S/c1-18(2)26(3)17-21-10-6-5-9-20(21)16-25-24(28)19-11-12-22(31-4)23(15-19)32(29,30)27-13-7-8-14-27/h5-6,9-12,15,18H,7-8,13-14,16-17H2,1-4H3,(H,25,28). The maximum absolute atomic E-state index is 13.1. The second-order valence-corrected chi connectivity index (χ2v) is 10.3. The van der Waals surface area contributed by atoms with Crippen LogP contribution < -0.4 is 10.1 Å². The third-order valence-electron chi connectivity index (χ3n) is 5.97. The van der Waals surface area contributed by atoms with E-state index in [1.807, 2.05) is 18.2 Å². The predicted octanol–water partition coefficient (Wildman–Crippen LogP) is 3.25. The molecule has 0 radical (unpaired) electrons. The molecule has 0 bridgehead atoms. The predicted molar refractivity (Wildman–Crippen MR) is 125 cm³/mol. The third-order valence-corrected chi connectivity index (χ3v) is 7.89. The summed E-state index contributed by atoms with van der Waals surface area (Å²) < 4.78 is 32.9. The van der Waals surface area contributed by atoms with E-state index in [1.54, 1.807) is 12.1 Å². The highest BCUT2D eigenvalue weighted by Crippen LogP contribution is 2.30. The molecule has 0 atom stereocenters. The number of carbonyl (C=O) groups is 1. The van der Waals surface area contributed by atoms with Crippen LogP contribution >= 0.6 is 0 Å². The maximum atomic E-state index is 13.1. The Kier molecular flexibility index (Phi) is 7.92. The molecule has 1 heterocycles. The van der Waals surface area contributed by atoms with Gasteiger partial charge in [-0.25, -0.2) is 8.42 Å². The fraction of sp³-hybridized carbons (Fsp3) is 0.458. The zero-order valence-corrected chi connectivity index (χ0v) is 20.1. The fourth-order valence-electron chi connectivity index (χ4n) is 3.70. The molecular formula is C24H33N3O4S. The van der Waals surface area contributed by atoms with E-state index >= 15 is 0 Å². The van der Waals surface area contributed by atoms with Gasteiger partial charge in [-0.05, 0) is 63.1 Å². The van der Waals surface area contributed by atoms with E-state index in [1.165, 1.54) is 17.5 Å². The average molecular weight is 460 g/mol. The molecule has 1 aliphatic heterocycles. The van der Waals surface area contributed by atoms with Crippen molar-refractivity contribution in [2.45, 2.75) is 50.7 Å². The average Bonchev–Trinajstić information content (AvgIpc) is 3.33. The number of hydrogen-bond acceptors (Lipinski definition) is 5. The number of amides is 1. The zero-order chi connectivity index (χ0) is 23.3. The van der Waals surface area contributed by atoms with Gasteiger partial charge in [-0.15, -0.1) is 0 Å². The van der Waals surface area contributed by atoms with Crippen LogP contribution in [0.3, 0.4) is 0 Å². The quantitative estimate of drug-likeness (QED) is 0.623.